The van der Waals surface area contributed by atoms with Crippen molar-refractivity contribution in [2.45, 2.75) is 31.7 Å². The topological polar surface area (TPSA) is 73.4 Å². The maximum Gasteiger partial charge on any atom is 0.205 e. The normalized spacial score (nSPS) is 25.1. The molecule has 0 radical (unpaired) electrons. The molecule has 1 aliphatic rings. The lowest BCUT2D eigenvalue weighted by Crippen LogP contribution is -2.39. The molecule has 3 rings (SSSR count). The van der Waals surface area contributed by atoms with Crippen LogP contribution in [0, 0.1) is 17.7 Å². The summed E-state index contributed by atoms with van der Waals surface area (Å²) in [5.41, 5.74) is 4.78. The van der Waals surface area contributed by atoms with Gasteiger partial charge in [0.05, 0.1) is 23.5 Å². The van der Waals surface area contributed by atoms with Crippen molar-refractivity contribution >= 4 is 17.4 Å². The third-order valence-electron chi connectivity index (χ3n) is 4.27. The van der Waals surface area contributed by atoms with Crippen LogP contribution >= 0.6 is 11.6 Å². The number of alkyl halides is 1. The number of nitrogens with two attached hydrogens (primary N) is 1. The summed E-state index contributed by atoms with van der Waals surface area (Å²) >= 11 is 5.74. The SMILES string of the molecule is CC1OCC(N)=N[C@](C)(c2cc(C#Cc3ncc(Cl)cn3)ccc2F)C1F. The van der Waals surface area contributed by atoms with Gasteiger partial charge in [-0.25, -0.2) is 18.7 Å². The molecule has 1 aromatic carbocycles. The number of halogens is 3. The number of aromatic nitrogens is 2. The lowest BCUT2D eigenvalue weighted by Gasteiger charge is -2.31. The molecular formula is C19H17ClF2N4O. The first-order chi connectivity index (χ1) is 12.8. The van der Waals surface area contributed by atoms with Gasteiger partial charge in [0.1, 0.15) is 23.8 Å². The number of amidine groups is 1. The predicted octanol–water partition coefficient (Wildman–Crippen LogP) is 3.00. The second-order valence-corrected chi connectivity index (χ2v) is 6.77. The van der Waals surface area contributed by atoms with Crippen LogP contribution in [0.5, 0.6) is 0 Å². The average Bonchev–Trinajstić information content (AvgIpc) is 2.74. The van der Waals surface area contributed by atoms with Crippen molar-refractivity contribution in [3.8, 4) is 11.8 Å². The number of hydrogen-bond donors (Lipinski definition) is 1. The van der Waals surface area contributed by atoms with Gasteiger partial charge >= 0.3 is 0 Å². The molecule has 2 unspecified atom stereocenters. The van der Waals surface area contributed by atoms with Gasteiger partial charge in [0.25, 0.3) is 0 Å². The van der Waals surface area contributed by atoms with Crippen LogP contribution in [-0.2, 0) is 10.3 Å². The maximum absolute atomic E-state index is 15.0. The fourth-order valence-electron chi connectivity index (χ4n) is 2.86. The summed E-state index contributed by atoms with van der Waals surface area (Å²) < 4.78 is 34.9. The van der Waals surface area contributed by atoms with Gasteiger partial charge in [-0.1, -0.05) is 17.5 Å². The Morgan fingerprint density at radius 3 is 2.70 bits per heavy atom. The highest BCUT2D eigenvalue weighted by molar-refractivity contribution is 6.30. The zero-order valence-electron chi connectivity index (χ0n) is 14.7. The first-order valence-corrected chi connectivity index (χ1v) is 8.57. The van der Waals surface area contributed by atoms with E-state index in [9.17, 15) is 4.39 Å². The average molecular weight is 391 g/mol. The van der Waals surface area contributed by atoms with Crippen LogP contribution in [0.15, 0.2) is 35.6 Å². The maximum atomic E-state index is 15.0. The van der Waals surface area contributed by atoms with Crippen LogP contribution in [0.2, 0.25) is 5.02 Å². The highest BCUT2D eigenvalue weighted by Crippen LogP contribution is 2.37. The van der Waals surface area contributed by atoms with Crippen molar-refractivity contribution in [3.05, 3.63) is 58.4 Å². The molecule has 140 valence electrons. The quantitative estimate of drug-likeness (QED) is 0.760. The molecular weight excluding hydrogens is 374 g/mol. The Morgan fingerprint density at radius 1 is 1.30 bits per heavy atom. The fourth-order valence-corrected chi connectivity index (χ4v) is 2.95. The molecule has 3 atom stereocenters. The summed E-state index contributed by atoms with van der Waals surface area (Å²) in [6, 6.07) is 4.17. The van der Waals surface area contributed by atoms with Gasteiger partial charge < -0.3 is 10.5 Å². The molecule has 1 aliphatic heterocycles. The van der Waals surface area contributed by atoms with E-state index in [2.05, 4.69) is 26.8 Å². The van der Waals surface area contributed by atoms with Gasteiger partial charge in [-0.2, -0.15) is 0 Å². The minimum absolute atomic E-state index is 0.00774. The molecule has 0 aliphatic carbocycles. The van der Waals surface area contributed by atoms with Crippen molar-refractivity contribution in [2.24, 2.45) is 10.7 Å². The number of benzene rings is 1. The Hall–Kier alpha value is -2.56. The number of aliphatic imine (C=N–C) groups is 1. The Morgan fingerprint density at radius 2 is 2.00 bits per heavy atom. The monoisotopic (exact) mass is 390 g/mol. The minimum atomic E-state index is -1.59. The van der Waals surface area contributed by atoms with E-state index in [1.54, 1.807) is 6.92 Å². The van der Waals surface area contributed by atoms with E-state index in [1.165, 1.54) is 37.5 Å². The molecule has 8 heteroatoms. The third kappa shape index (κ3) is 4.07. The molecule has 0 saturated carbocycles. The highest BCUT2D eigenvalue weighted by Gasteiger charge is 2.44. The lowest BCUT2D eigenvalue weighted by molar-refractivity contribution is 0.00682. The molecule has 2 heterocycles. The van der Waals surface area contributed by atoms with Crippen molar-refractivity contribution in [1.29, 1.82) is 0 Å². The van der Waals surface area contributed by atoms with E-state index >= 15 is 4.39 Å². The second kappa shape index (κ2) is 7.59. The lowest BCUT2D eigenvalue weighted by atomic mass is 9.84. The van der Waals surface area contributed by atoms with Crippen molar-refractivity contribution in [3.63, 3.8) is 0 Å². The zero-order chi connectivity index (χ0) is 19.6. The summed E-state index contributed by atoms with van der Waals surface area (Å²) in [7, 11) is 0. The molecule has 1 aromatic heterocycles. The highest BCUT2D eigenvalue weighted by atomic mass is 35.5. The largest absolute Gasteiger partial charge is 0.386 e. The summed E-state index contributed by atoms with van der Waals surface area (Å²) in [5, 5.41) is 0.395. The van der Waals surface area contributed by atoms with E-state index in [1.807, 2.05) is 0 Å². The standard InChI is InChI=1S/C19H17ClF2N4O/c1-11-18(22)19(2,26-16(23)10-27-11)14-7-12(3-5-15(14)21)4-6-17-24-8-13(20)9-25-17/h3,5,7-9,11,18H,10H2,1-2H3,(H2,23,26)/t11?,18?,19-/m1/s1. The molecule has 0 amide bonds. The van der Waals surface area contributed by atoms with Gasteiger partial charge in [0, 0.05) is 11.1 Å². The first kappa shape index (κ1) is 19.2. The summed E-state index contributed by atoms with van der Waals surface area (Å²) in [4.78, 5) is 12.2. The molecule has 5 nitrogen and oxygen atoms in total. The minimum Gasteiger partial charge on any atom is -0.386 e. The number of hydrogen-bond acceptors (Lipinski definition) is 5. The van der Waals surface area contributed by atoms with Crippen molar-refractivity contribution in [1.82, 2.24) is 9.97 Å². The van der Waals surface area contributed by atoms with E-state index in [4.69, 9.17) is 22.1 Å². The fraction of sp³-hybridized carbons (Fsp3) is 0.316. The molecule has 2 N–H and O–H groups in total. The van der Waals surface area contributed by atoms with Crippen LogP contribution in [0.1, 0.15) is 30.8 Å². The second-order valence-electron chi connectivity index (χ2n) is 6.34. The van der Waals surface area contributed by atoms with Crippen LogP contribution in [0.3, 0.4) is 0 Å². The third-order valence-corrected chi connectivity index (χ3v) is 4.46. The Bertz CT molecular complexity index is 939. The molecule has 27 heavy (non-hydrogen) atoms. The Labute approximate surface area is 160 Å². The van der Waals surface area contributed by atoms with Crippen LogP contribution < -0.4 is 5.73 Å². The van der Waals surface area contributed by atoms with E-state index in [0.29, 0.717) is 10.6 Å². The van der Waals surface area contributed by atoms with Gasteiger partial charge in [-0.05, 0) is 38.0 Å². The van der Waals surface area contributed by atoms with Crippen LogP contribution in [-0.4, -0.2) is 34.7 Å². The van der Waals surface area contributed by atoms with Crippen molar-refractivity contribution < 1.29 is 13.5 Å². The molecule has 0 bridgehead atoms. The Balaban J connectivity index is 2.02. The summed E-state index contributed by atoms with van der Waals surface area (Å²) in [5.74, 6) is 5.37. The molecule has 2 aromatic rings. The van der Waals surface area contributed by atoms with Gasteiger partial charge in [-0.3, -0.25) is 4.99 Å². The molecule has 0 fully saturated rings. The van der Waals surface area contributed by atoms with E-state index in [-0.39, 0.29) is 23.8 Å². The van der Waals surface area contributed by atoms with Crippen molar-refractivity contribution in [2.75, 3.05) is 6.61 Å². The first-order valence-electron chi connectivity index (χ1n) is 8.19. The molecule has 0 spiro atoms. The number of nitrogens with zero attached hydrogens (tertiary/aromatic N) is 3. The Kier molecular flexibility index (Phi) is 5.40. The number of rotatable bonds is 1. The van der Waals surface area contributed by atoms with Gasteiger partial charge in [-0.15, -0.1) is 0 Å². The summed E-state index contributed by atoms with van der Waals surface area (Å²) in [6.45, 7) is 3.05. The number of ether oxygens (including phenoxy) is 1. The molecule has 0 saturated heterocycles. The van der Waals surface area contributed by atoms with E-state index < -0.39 is 23.6 Å². The smallest absolute Gasteiger partial charge is 0.205 e. The van der Waals surface area contributed by atoms with Crippen LogP contribution in [0.25, 0.3) is 0 Å². The zero-order valence-corrected chi connectivity index (χ0v) is 15.5. The summed E-state index contributed by atoms with van der Waals surface area (Å²) in [6.07, 6.45) is 0.467. The van der Waals surface area contributed by atoms with Gasteiger partial charge in [0.2, 0.25) is 5.82 Å². The van der Waals surface area contributed by atoms with Crippen LogP contribution in [0.4, 0.5) is 8.78 Å². The van der Waals surface area contributed by atoms with Gasteiger partial charge in [0.15, 0.2) is 6.17 Å². The van der Waals surface area contributed by atoms with E-state index in [0.717, 1.165) is 0 Å². The predicted molar refractivity (Wildman–Crippen MR) is 98.7 cm³/mol.